The number of aromatic nitrogens is 2. The van der Waals surface area contributed by atoms with Crippen LogP contribution in [0.1, 0.15) is 16.1 Å². The zero-order valence-electron chi connectivity index (χ0n) is 11.1. The van der Waals surface area contributed by atoms with Crippen LogP contribution in [-0.4, -0.2) is 20.6 Å². The number of aromatic carboxylic acids is 1. The maximum Gasteiger partial charge on any atom is 0.337 e. The Hall–Kier alpha value is -2.95. The quantitative estimate of drug-likeness (QED) is 0.797. The highest BCUT2D eigenvalue weighted by Gasteiger charge is 2.05. The summed E-state index contributed by atoms with van der Waals surface area (Å²) in [6.07, 6.45) is 3.06. The standard InChI is InChI=1S/C16H12N2O3/c19-15-7-8-18(14-4-2-1-3-13(14)15)10-12-6-5-11(9-17-12)16(20)21/h1-9H,10H2,(H,20,21). The summed E-state index contributed by atoms with van der Waals surface area (Å²) in [4.78, 5) is 26.8. The predicted octanol–water partition coefficient (Wildman–Crippen LogP) is 2.14. The molecule has 0 saturated carbocycles. The number of para-hydroxylation sites is 1. The largest absolute Gasteiger partial charge is 0.478 e. The number of hydrogen-bond donors (Lipinski definition) is 1. The van der Waals surface area contributed by atoms with Gasteiger partial charge in [0.15, 0.2) is 5.43 Å². The van der Waals surface area contributed by atoms with Crippen molar-refractivity contribution in [2.24, 2.45) is 0 Å². The van der Waals surface area contributed by atoms with Gasteiger partial charge in [0.05, 0.1) is 23.3 Å². The second-order valence-corrected chi connectivity index (χ2v) is 4.67. The highest BCUT2D eigenvalue weighted by molar-refractivity contribution is 5.87. The second kappa shape index (κ2) is 5.20. The van der Waals surface area contributed by atoms with Gasteiger partial charge in [-0.3, -0.25) is 9.78 Å². The first kappa shape index (κ1) is 13.1. The molecule has 0 aliphatic heterocycles. The van der Waals surface area contributed by atoms with Gasteiger partial charge in [-0.15, -0.1) is 0 Å². The fourth-order valence-corrected chi connectivity index (χ4v) is 2.22. The minimum Gasteiger partial charge on any atom is -0.478 e. The summed E-state index contributed by atoms with van der Waals surface area (Å²) in [5, 5.41) is 9.51. The molecule has 3 rings (SSSR count). The predicted molar refractivity (Wildman–Crippen MR) is 78.5 cm³/mol. The van der Waals surface area contributed by atoms with Gasteiger partial charge in [0.1, 0.15) is 0 Å². The highest BCUT2D eigenvalue weighted by Crippen LogP contribution is 2.11. The van der Waals surface area contributed by atoms with E-state index in [2.05, 4.69) is 4.98 Å². The number of rotatable bonds is 3. The van der Waals surface area contributed by atoms with E-state index in [1.807, 2.05) is 22.8 Å². The molecule has 3 aromatic rings. The monoisotopic (exact) mass is 280 g/mol. The van der Waals surface area contributed by atoms with E-state index in [0.29, 0.717) is 11.9 Å². The molecule has 0 saturated heterocycles. The lowest BCUT2D eigenvalue weighted by Gasteiger charge is -2.10. The number of hydrogen-bond acceptors (Lipinski definition) is 3. The Balaban J connectivity index is 2.00. The highest BCUT2D eigenvalue weighted by atomic mass is 16.4. The Morgan fingerprint density at radius 1 is 1.14 bits per heavy atom. The molecule has 0 aliphatic rings. The summed E-state index contributed by atoms with van der Waals surface area (Å²) in [6.45, 7) is 0.473. The molecule has 2 aromatic heterocycles. The lowest BCUT2D eigenvalue weighted by atomic mass is 10.2. The van der Waals surface area contributed by atoms with E-state index in [1.54, 1.807) is 18.3 Å². The molecule has 0 atom stereocenters. The number of pyridine rings is 2. The number of carbonyl (C=O) groups is 1. The molecule has 5 heteroatoms. The molecule has 0 radical (unpaired) electrons. The van der Waals surface area contributed by atoms with E-state index in [-0.39, 0.29) is 11.0 Å². The Kier molecular flexibility index (Phi) is 3.23. The zero-order chi connectivity index (χ0) is 14.8. The molecule has 0 amide bonds. The third-order valence-electron chi connectivity index (χ3n) is 3.29. The summed E-state index contributed by atoms with van der Waals surface area (Å²) in [5.41, 5.74) is 1.70. The number of carboxylic acids is 1. The molecule has 1 aromatic carbocycles. The van der Waals surface area contributed by atoms with Crippen molar-refractivity contribution in [3.8, 4) is 0 Å². The minimum atomic E-state index is -0.997. The third kappa shape index (κ3) is 2.53. The maximum absolute atomic E-state index is 11.8. The molecular formula is C16H12N2O3. The van der Waals surface area contributed by atoms with Gasteiger partial charge < -0.3 is 9.67 Å². The van der Waals surface area contributed by atoms with Crippen LogP contribution in [0.15, 0.2) is 59.7 Å². The molecule has 2 heterocycles. The number of nitrogens with zero attached hydrogens (tertiary/aromatic N) is 2. The van der Waals surface area contributed by atoms with Crippen LogP contribution >= 0.6 is 0 Å². The third-order valence-corrected chi connectivity index (χ3v) is 3.29. The van der Waals surface area contributed by atoms with Crippen molar-refractivity contribution < 1.29 is 9.90 Å². The van der Waals surface area contributed by atoms with Gasteiger partial charge >= 0.3 is 5.97 Å². The van der Waals surface area contributed by atoms with Crippen molar-refractivity contribution in [3.05, 3.63) is 76.3 Å². The van der Waals surface area contributed by atoms with Crippen molar-refractivity contribution in [3.63, 3.8) is 0 Å². The van der Waals surface area contributed by atoms with Crippen LogP contribution in [0.4, 0.5) is 0 Å². The average Bonchev–Trinajstić information content (AvgIpc) is 2.51. The molecule has 0 fully saturated rings. The van der Waals surface area contributed by atoms with E-state index in [9.17, 15) is 9.59 Å². The van der Waals surface area contributed by atoms with Crippen LogP contribution in [0.3, 0.4) is 0 Å². The Morgan fingerprint density at radius 3 is 2.67 bits per heavy atom. The van der Waals surface area contributed by atoms with Gasteiger partial charge in [-0.05, 0) is 24.3 Å². The zero-order valence-corrected chi connectivity index (χ0v) is 11.1. The summed E-state index contributed by atoms with van der Waals surface area (Å²) in [5.74, 6) is -0.997. The maximum atomic E-state index is 11.8. The first-order valence-corrected chi connectivity index (χ1v) is 6.41. The molecule has 0 aliphatic carbocycles. The van der Waals surface area contributed by atoms with Gasteiger partial charge in [0.25, 0.3) is 0 Å². The fourth-order valence-electron chi connectivity index (χ4n) is 2.22. The van der Waals surface area contributed by atoms with E-state index in [4.69, 9.17) is 5.11 Å². The van der Waals surface area contributed by atoms with E-state index < -0.39 is 5.97 Å². The number of carboxylic acid groups (broad SMARTS) is 1. The molecule has 21 heavy (non-hydrogen) atoms. The van der Waals surface area contributed by atoms with Gasteiger partial charge in [-0.2, -0.15) is 0 Å². The number of benzene rings is 1. The molecule has 0 spiro atoms. The molecule has 0 unspecified atom stereocenters. The Bertz CT molecular complexity index is 867. The van der Waals surface area contributed by atoms with Crippen molar-refractivity contribution in [2.75, 3.05) is 0 Å². The van der Waals surface area contributed by atoms with Crippen molar-refractivity contribution in [1.29, 1.82) is 0 Å². The lowest BCUT2D eigenvalue weighted by Crippen LogP contribution is -2.09. The number of fused-ring (bicyclic) bond motifs is 1. The summed E-state index contributed by atoms with van der Waals surface area (Å²) in [6, 6.07) is 12.1. The smallest absolute Gasteiger partial charge is 0.337 e. The molecule has 104 valence electrons. The Labute approximate surface area is 120 Å². The minimum absolute atomic E-state index is 0.0176. The summed E-state index contributed by atoms with van der Waals surface area (Å²) >= 11 is 0. The van der Waals surface area contributed by atoms with Crippen LogP contribution in [0, 0.1) is 0 Å². The van der Waals surface area contributed by atoms with E-state index >= 15 is 0 Å². The molecule has 1 N–H and O–H groups in total. The SMILES string of the molecule is O=C(O)c1ccc(Cn2ccc(=O)c3ccccc32)nc1. The van der Waals surface area contributed by atoms with Crippen molar-refractivity contribution in [2.45, 2.75) is 6.54 Å². The van der Waals surface area contributed by atoms with E-state index in [1.165, 1.54) is 18.3 Å². The van der Waals surface area contributed by atoms with Crippen molar-refractivity contribution in [1.82, 2.24) is 9.55 Å². The average molecular weight is 280 g/mol. The summed E-state index contributed by atoms with van der Waals surface area (Å²) in [7, 11) is 0. The topological polar surface area (TPSA) is 72.2 Å². The second-order valence-electron chi connectivity index (χ2n) is 4.67. The van der Waals surface area contributed by atoms with Gasteiger partial charge in [-0.1, -0.05) is 12.1 Å². The molecule has 0 bridgehead atoms. The van der Waals surface area contributed by atoms with Crippen LogP contribution in [0.5, 0.6) is 0 Å². The summed E-state index contributed by atoms with van der Waals surface area (Å²) < 4.78 is 1.92. The van der Waals surface area contributed by atoms with Gasteiger partial charge in [0, 0.05) is 23.8 Å². The Morgan fingerprint density at radius 2 is 1.95 bits per heavy atom. The van der Waals surface area contributed by atoms with Gasteiger partial charge in [0.2, 0.25) is 0 Å². The molecule has 5 nitrogen and oxygen atoms in total. The van der Waals surface area contributed by atoms with Crippen LogP contribution < -0.4 is 5.43 Å². The first-order valence-electron chi connectivity index (χ1n) is 6.41. The molecular weight excluding hydrogens is 268 g/mol. The fraction of sp³-hybridized carbons (Fsp3) is 0.0625. The van der Waals surface area contributed by atoms with Crippen LogP contribution in [0.2, 0.25) is 0 Å². The first-order chi connectivity index (χ1) is 10.1. The van der Waals surface area contributed by atoms with Crippen molar-refractivity contribution >= 4 is 16.9 Å². The van der Waals surface area contributed by atoms with Crippen LogP contribution in [0.25, 0.3) is 10.9 Å². The van der Waals surface area contributed by atoms with Crippen LogP contribution in [-0.2, 0) is 6.54 Å². The normalized spacial score (nSPS) is 10.7. The lowest BCUT2D eigenvalue weighted by molar-refractivity contribution is 0.0696. The van der Waals surface area contributed by atoms with E-state index in [0.717, 1.165) is 11.2 Å². The van der Waals surface area contributed by atoms with Gasteiger partial charge in [-0.25, -0.2) is 4.79 Å².